The Balaban J connectivity index is 0. The van der Waals surface area contributed by atoms with Crippen LogP contribution in [0.3, 0.4) is 0 Å². The Labute approximate surface area is 100 Å². The zero-order chi connectivity index (χ0) is 13.0. The lowest BCUT2D eigenvalue weighted by Crippen LogP contribution is -2.28. The molecule has 0 amide bonds. The molecule has 0 bridgehead atoms. The minimum Gasteiger partial charge on any atom is -0.395 e. The Morgan fingerprint density at radius 1 is 1.19 bits per heavy atom. The summed E-state index contributed by atoms with van der Waals surface area (Å²) in [6.07, 6.45) is 2.07. The average Bonchev–Trinajstić information content (AvgIpc) is 2.17. The van der Waals surface area contributed by atoms with Crippen molar-refractivity contribution < 1.29 is 9.84 Å². The summed E-state index contributed by atoms with van der Waals surface area (Å²) in [4.78, 5) is 0. The van der Waals surface area contributed by atoms with Crippen LogP contribution in [0.4, 0.5) is 0 Å². The van der Waals surface area contributed by atoms with Gasteiger partial charge in [-0.2, -0.15) is 0 Å². The summed E-state index contributed by atoms with van der Waals surface area (Å²) < 4.78 is 5.70. The molecule has 4 nitrogen and oxygen atoms in total. The maximum atomic E-state index is 7.75. The third-order valence-corrected chi connectivity index (χ3v) is 2.06. The van der Waals surface area contributed by atoms with E-state index in [1.54, 1.807) is 0 Å². The van der Waals surface area contributed by atoms with Gasteiger partial charge in [0.1, 0.15) is 0 Å². The Kier molecular flexibility index (Phi) is 12.9. The standard InChI is InChI=1S/C10H23NO.C2H7NO/c1-9(2)5-8-12-10(3,4)6-7-11;3-1-2-4/h9H,5-8,11H2,1-4H3;4H,1-3H2. The Bertz CT molecular complexity index is 137. The van der Waals surface area contributed by atoms with Crippen LogP contribution in [0.25, 0.3) is 0 Å². The summed E-state index contributed by atoms with van der Waals surface area (Å²) >= 11 is 0. The summed E-state index contributed by atoms with van der Waals surface area (Å²) in [5, 5.41) is 7.75. The van der Waals surface area contributed by atoms with Gasteiger partial charge in [0, 0.05) is 13.2 Å². The van der Waals surface area contributed by atoms with Gasteiger partial charge in [0.15, 0.2) is 0 Å². The van der Waals surface area contributed by atoms with Gasteiger partial charge < -0.3 is 21.3 Å². The minimum atomic E-state index is -0.0381. The predicted molar refractivity (Wildman–Crippen MR) is 69.3 cm³/mol. The van der Waals surface area contributed by atoms with Gasteiger partial charge in [0.25, 0.3) is 0 Å². The molecule has 0 rings (SSSR count). The first-order chi connectivity index (χ1) is 7.39. The number of rotatable bonds is 7. The quantitative estimate of drug-likeness (QED) is 0.616. The van der Waals surface area contributed by atoms with E-state index in [-0.39, 0.29) is 12.2 Å². The van der Waals surface area contributed by atoms with E-state index in [1.807, 2.05) is 0 Å². The maximum absolute atomic E-state index is 7.75. The van der Waals surface area contributed by atoms with Crippen molar-refractivity contribution in [3.63, 3.8) is 0 Å². The van der Waals surface area contributed by atoms with E-state index in [4.69, 9.17) is 21.3 Å². The lowest BCUT2D eigenvalue weighted by Gasteiger charge is -2.25. The first-order valence-corrected chi connectivity index (χ1v) is 6.04. The molecule has 0 spiro atoms. The Hall–Kier alpha value is -0.160. The SMILES string of the molecule is CC(C)CCOC(C)(C)CCN.NCCO. The molecule has 0 saturated heterocycles. The van der Waals surface area contributed by atoms with Gasteiger partial charge in [-0.1, -0.05) is 13.8 Å². The zero-order valence-corrected chi connectivity index (χ0v) is 11.3. The molecule has 0 atom stereocenters. The number of nitrogens with two attached hydrogens (primary N) is 2. The summed E-state index contributed by atoms with van der Waals surface area (Å²) in [6.45, 7) is 10.6. The van der Waals surface area contributed by atoms with Crippen molar-refractivity contribution in [3.8, 4) is 0 Å². The highest BCUT2D eigenvalue weighted by molar-refractivity contribution is 4.68. The molecule has 0 aromatic heterocycles. The van der Waals surface area contributed by atoms with Crippen molar-refractivity contribution in [2.24, 2.45) is 17.4 Å². The second kappa shape index (κ2) is 11.3. The monoisotopic (exact) mass is 234 g/mol. The molecule has 0 saturated carbocycles. The Morgan fingerprint density at radius 3 is 2.00 bits per heavy atom. The van der Waals surface area contributed by atoms with Crippen molar-refractivity contribution in [1.82, 2.24) is 0 Å². The Morgan fingerprint density at radius 2 is 1.69 bits per heavy atom. The summed E-state index contributed by atoms with van der Waals surface area (Å²) in [7, 11) is 0. The highest BCUT2D eigenvalue weighted by Gasteiger charge is 2.16. The molecule has 4 heteroatoms. The van der Waals surface area contributed by atoms with E-state index in [2.05, 4.69) is 27.7 Å². The van der Waals surface area contributed by atoms with E-state index in [0.29, 0.717) is 13.1 Å². The van der Waals surface area contributed by atoms with Crippen molar-refractivity contribution >= 4 is 0 Å². The minimum absolute atomic E-state index is 0.0381. The van der Waals surface area contributed by atoms with Crippen molar-refractivity contribution in [3.05, 3.63) is 0 Å². The highest BCUT2D eigenvalue weighted by Crippen LogP contribution is 2.14. The predicted octanol–water partition coefficient (Wildman–Crippen LogP) is 1.11. The molecule has 0 aromatic carbocycles. The van der Waals surface area contributed by atoms with Gasteiger partial charge in [-0.3, -0.25) is 0 Å². The lowest BCUT2D eigenvalue weighted by molar-refractivity contribution is -0.0259. The third-order valence-electron chi connectivity index (χ3n) is 2.06. The van der Waals surface area contributed by atoms with Crippen LogP contribution in [-0.4, -0.2) is 37.0 Å². The van der Waals surface area contributed by atoms with Crippen molar-refractivity contribution in [2.45, 2.75) is 46.1 Å². The van der Waals surface area contributed by atoms with Crippen LogP contribution in [0, 0.1) is 5.92 Å². The van der Waals surface area contributed by atoms with E-state index in [0.717, 1.165) is 25.4 Å². The van der Waals surface area contributed by atoms with Crippen LogP contribution in [0.15, 0.2) is 0 Å². The van der Waals surface area contributed by atoms with Crippen LogP contribution in [0.5, 0.6) is 0 Å². The molecule has 0 unspecified atom stereocenters. The van der Waals surface area contributed by atoms with Gasteiger partial charge in [-0.05, 0) is 39.2 Å². The molecule has 0 aliphatic rings. The van der Waals surface area contributed by atoms with Crippen molar-refractivity contribution in [1.29, 1.82) is 0 Å². The third kappa shape index (κ3) is 16.3. The second-order valence-corrected chi connectivity index (χ2v) is 4.84. The average molecular weight is 234 g/mol. The lowest BCUT2D eigenvalue weighted by atomic mass is 10.1. The summed E-state index contributed by atoms with van der Waals surface area (Å²) in [5.74, 6) is 0.721. The number of hydrogen-bond acceptors (Lipinski definition) is 4. The second-order valence-electron chi connectivity index (χ2n) is 4.84. The summed E-state index contributed by atoms with van der Waals surface area (Å²) in [5.41, 5.74) is 10.2. The number of hydrogen-bond donors (Lipinski definition) is 3. The van der Waals surface area contributed by atoms with Gasteiger partial charge in [0.05, 0.1) is 12.2 Å². The molecule has 0 aliphatic heterocycles. The smallest absolute Gasteiger partial charge is 0.0638 e. The molecule has 0 fully saturated rings. The van der Waals surface area contributed by atoms with Crippen molar-refractivity contribution in [2.75, 3.05) is 26.3 Å². The first-order valence-electron chi connectivity index (χ1n) is 6.04. The van der Waals surface area contributed by atoms with Crippen LogP contribution in [0.2, 0.25) is 0 Å². The van der Waals surface area contributed by atoms with Gasteiger partial charge in [-0.15, -0.1) is 0 Å². The molecule has 0 aliphatic carbocycles. The van der Waals surface area contributed by atoms with Crippen LogP contribution in [0.1, 0.15) is 40.5 Å². The fourth-order valence-corrected chi connectivity index (χ4v) is 0.991. The van der Waals surface area contributed by atoms with E-state index in [9.17, 15) is 0 Å². The molecular weight excluding hydrogens is 204 g/mol. The van der Waals surface area contributed by atoms with E-state index >= 15 is 0 Å². The van der Waals surface area contributed by atoms with Gasteiger partial charge in [-0.25, -0.2) is 0 Å². The number of ether oxygens (including phenoxy) is 1. The van der Waals surface area contributed by atoms with E-state index < -0.39 is 0 Å². The molecule has 0 radical (unpaired) electrons. The van der Waals surface area contributed by atoms with Crippen LogP contribution < -0.4 is 11.5 Å². The summed E-state index contributed by atoms with van der Waals surface area (Å²) in [6, 6.07) is 0. The molecule has 100 valence electrons. The largest absolute Gasteiger partial charge is 0.395 e. The van der Waals surface area contributed by atoms with Crippen LogP contribution in [-0.2, 0) is 4.74 Å². The molecule has 0 aromatic rings. The van der Waals surface area contributed by atoms with Crippen LogP contribution >= 0.6 is 0 Å². The first kappa shape index (κ1) is 18.2. The number of aliphatic hydroxyl groups is 1. The number of aliphatic hydroxyl groups excluding tert-OH is 1. The maximum Gasteiger partial charge on any atom is 0.0638 e. The molecular formula is C12H30N2O2. The van der Waals surface area contributed by atoms with Gasteiger partial charge in [0.2, 0.25) is 0 Å². The molecule has 5 N–H and O–H groups in total. The topological polar surface area (TPSA) is 81.5 Å². The molecule has 0 heterocycles. The highest BCUT2D eigenvalue weighted by atomic mass is 16.5. The molecule has 16 heavy (non-hydrogen) atoms. The zero-order valence-electron chi connectivity index (χ0n) is 11.3. The van der Waals surface area contributed by atoms with E-state index in [1.165, 1.54) is 0 Å². The fourth-order valence-electron chi connectivity index (χ4n) is 0.991. The fraction of sp³-hybridized carbons (Fsp3) is 1.00. The van der Waals surface area contributed by atoms with Gasteiger partial charge >= 0.3 is 0 Å². The normalized spacial score (nSPS) is 11.2.